The van der Waals surface area contributed by atoms with E-state index in [1.54, 1.807) is 0 Å². The summed E-state index contributed by atoms with van der Waals surface area (Å²) in [4.78, 5) is 2.43. The zero-order valence-electron chi connectivity index (χ0n) is 12.0. The van der Waals surface area contributed by atoms with Gasteiger partial charge in [-0.3, -0.25) is 0 Å². The fourth-order valence-corrected chi connectivity index (χ4v) is 3.19. The standard InChI is InChI=1S/C16H25ClN2/c1-3-13-5-4-9-19(10-8-13)16-7-6-14(12(2)18)11-15(16)17/h6-7,11-13H,3-5,8-10,18H2,1-2H3/t12-,13?/m1/s1. The van der Waals surface area contributed by atoms with E-state index in [4.69, 9.17) is 17.3 Å². The third-order valence-corrected chi connectivity index (χ3v) is 4.57. The van der Waals surface area contributed by atoms with Gasteiger partial charge in [-0.15, -0.1) is 0 Å². The molecule has 2 atom stereocenters. The maximum absolute atomic E-state index is 6.43. The van der Waals surface area contributed by atoms with Gasteiger partial charge in [0.25, 0.3) is 0 Å². The molecule has 1 aromatic carbocycles. The predicted molar refractivity (Wildman–Crippen MR) is 83.9 cm³/mol. The van der Waals surface area contributed by atoms with Gasteiger partial charge in [0.15, 0.2) is 0 Å². The third kappa shape index (κ3) is 3.64. The number of hydrogen-bond donors (Lipinski definition) is 1. The van der Waals surface area contributed by atoms with Gasteiger partial charge in [-0.2, -0.15) is 0 Å². The Bertz CT molecular complexity index is 417. The van der Waals surface area contributed by atoms with Gasteiger partial charge in [0.2, 0.25) is 0 Å². The second kappa shape index (κ2) is 6.62. The van der Waals surface area contributed by atoms with E-state index in [0.29, 0.717) is 0 Å². The summed E-state index contributed by atoms with van der Waals surface area (Å²) in [7, 11) is 0. The summed E-state index contributed by atoms with van der Waals surface area (Å²) in [5.41, 5.74) is 8.18. The first kappa shape index (κ1) is 14.7. The molecule has 1 aliphatic heterocycles. The Morgan fingerprint density at radius 2 is 2.16 bits per heavy atom. The average molecular weight is 281 g/mol. The van der Waals surface area contributed by atoms with E-state index in [0.717, 1.165) is 29.6 Å². The van der Waals surface area contributed by atoms with Crippen molar-refractivity contribution in [3.05, 3.63) is 28.8 Å². The molecule has 1 fully saturated rings. The van der Waals surface area contributed by atoms with E-state index in [-0.39, 0.29) is 6.04 Å². The van der Waals surface area contributed by atoms with Crippen LogP contribution in [0.2, 0.25) is 5.02 Å². The van der Waals surface area contributed by atoms with Gasteiger partial charge in [-0.05, 0) is 49.8 Å². The molecule has 19 heavy (non-hydrogen) atoms. The lowest BCUT2D eigenvalue weighted by Crippen LogP contribution is -2.24. The van der Waals surface area contributed by atoms with Gasteiger partial charge in [-0.25, -0.2) is 0 Å². The smallest absolute Gasteiger partial charge is 0.0642 e. The molecular formula is C16H25ClN2. The van der Waals surface area contributed by atoms with Crippen LogP contribution in [0.4, 0.5) is 5.69 Å². The van der Waals surface area contributed by atoms with Crippen LogP contribution in [0, 0.1) is 5.92 Å². The lowest BCUT2D eigenvalue weighted by atomic mass is 9.98. The largest absolute Gasteiger partial charge is 0.370 e. The van der Waals surface area contributed by atoms with Crippen LogP contribution < -0.4 is 10.6 Å². The topological polar surface area (TPSA) is 29.3 Å². The summed E-state index contributed by atoms with van der Waals surface area (Å²) < 4.78 is 0. The SMILES string of the molecule is CCC1CCCN(c2ccc([C@@H](C)N)cc2Cl)CC1. The minimum atomic E-state index is 0.0418. The summed E-state index contributed by atoms with van der Waals surface area (Å²) in [5.74, 6) is 0.882. The Morgan fingerprint density at radius 1 is 1.37 bits per heavy atom. The van der Waals surface area contributed by atoms with E-state index >= 15 is 0 Å². The zero-order chi connectivity index (χ0) is 13.8. The van der Waals surface area contributed by atoms with E-state index < -0.39 is 0 Å². The minimum absolute atomic E-state index is 0.0418. The van der Waals surface area contributed by atoms with Crippen molar-refractivity contribution in [2.75, 3.05) is 18.0 Å². The highest BCUT2D eigenvalue weighted by Crippen LogP contribution is 2.31. The molecular weight excluding hydrogens is 256 g/mol. The summed E-state index contributed by atoms with van der Waals surface area (Å²) >= 11 is 6.43. The van der Waals surface area contributed by atoms with Crippen molar-refractivity contribution in [1.29, 1.82) is 0 Å². The molecule has 0 radical (unpaired) electrons. The van der Waals surface area contributed by atoms with Crippen molar-refractivity contribution < 1.29 is 0 Å². The second-order valence-electron chi connectivity index (χ2n) is 5.69. The Morgan fingerprint density at radius 3 is 2.79 bits per heavy atom. The molecule has 0 aromatic heterocycles. The number of nitrogens with zero attached hydrogens (tertiary/aromatic N) is 1. The summed E-state index contributed by atoms with van der Waals surface area (Å²) in [6.07, 6.45) is 5.19. The first-order valence-electron chi connectivity index (χ1n) is 7.41. The maximum Gasteiger partial charge on any atom is 0.0642 e. The van der Waals surface area contributed by atoms with Crippen LogP contribution in [-0.4, -0.2) is 13.1 Å². The van der Waals surface area contributed by atoms with Crippen LogP contribution in [-0.2, 0) is 0 Å². The van der Waals surface area contributed by atoms with Crippen LogP contribution in [0.3, 0.4) is 0 Å². The van der Waals surface area contributed by atoms with Crippen LogP contribution in [0.15, 0.2) is 18.2 Å². The fraction of sp³-hybridized carbons (Fsp3) is 0.625. The van der Waals surface area contributed by atoms with Crippen molar-refractivity contribution in [2.45, 2.75) is 45.6 Å². The molecule has 1 aromatic rings. The second-order valence-corrected chi connectivity index (χ2v) is 6.10. The molecule has 0 spiro atoms. The number of benzene rings is 1. The first-order valence-corrected chi connectivity index (χ1v) is 7.79. The van der Waals surface area contributed by atoms with E-state index in [2.05, 4.69) is 24.0 Å². The monoisotopic (exact) mass is 280 g/mol. The van der Waals surface area contributed by atoms with Gasteiger partial charge in [0.05, 0.1) is 10.7 Å². The summed E-state index contributed by atoms with van der Waals surface area (Å²) in [5, 5.41) is 0.838. The van der Waals surface area contributed by atoms with E-state index in [9.17, 15) is 0 Å². The number of hydrogen-bond acceptors (Lipinski definition) is 2. The molecule has 2 N–H and O–H groups in total. The molecule has 0 saturated carbocycles. The van der Waals surface area contributed by atoms with Gasteiger partial charge >= 0.3 is 0 Å². The number of rotatable bonds is 3. The Kier molecular flexibility index (Phi) is 5.12. The van der Waals surface area contributed by atoms with Crippen molar-refractivity contribution in [1.82, 2.24) is 0 Å². The lowest BCUT2D eigenvalue weighted by molar-refractivity contribution is 0.459. The molecule has 1 saturated heterocycles. The van der Waals surface area contributed by atoms with Crippen LogP contribution in [0.25, 0.3) is 0 Å². The average Bonchev–Trinajstić information content (AvgIpc) is 2.63. The Balaban J connectivity index is 2.13. The molecule has 106 valence electrons. The predicted octanol–water partition coefficient (Wildman–Crippen LogP) is 4.38. The number of nitrogens with two attached hydrogens (primary N) is 1. The molecule has 0 aliphatic carbocycles. The molecule has 1 heterocycles. The number of anilines is 1. The Labute approximate surface area is 121 Å². The molecule has 1 unspecified atom stereocenters. The fourth-order valence-electron chi connectivity index (χ4n) is 2.88. The van der Waals surface area contributed by atoms with Crippen LogP contribution >= 0.6 is 11.6 Å². The molecule has 2 rings (SSSR count). The highest BCUT2D eigenvalue weighted by atomic mass is 35.5. The van der Waals surface area contributed by atoms with Crippen LogP contribution in [0.5, 0.6) is 0 Å². The zero-order valence-corrected chi connectivity index (χ0v) is 12.8. The Hall–Kier alpha value is -0.730. The molecule has 2 nitrogen and oxygen atoms in total. The van der Waals surface area contributed by atoms with Crippen molar-refractivity contribution in [2.24, 2.45) is 11.7 Å². The molecule has 1 aliphatic rings. The quantitative estimate of drug-likeness (QED) is 0.890. The van der Waals surface area contributed by atoms with Gasteiger partial charge in [0, 0.05) is 19.1 Å². The minimum Gasteiger partial charge on any atom is -0.370 e. The summed E-state index contributed by atoms with van der Waals surface area (Å²) in [6.45, 7) is 6.53. The number of halogens is 1. The highest BCUT2D eigenvalue weighted by Gasteiger charge is 2.18. The molecule has 0 bridgehead atoms. The molecule has 0 amide bonds. The van der Waals surface area contributed by atoms with Crippen molar-refractivity contribution >= 4 is 17.3 Å². The van der Waals surface area contributed by atoms with E-state index in [1.807, 2.05) is 13.0 Å². The molecule has 3 heteroatoms. The maximum atomic E-state index is 6.43. The first-order chi connectivity index (χ1) is 9.11. The van der Waals surface area contributed by atoms with Crippen LogP contribution in [0.1, 0.15) is 51.1 Å². The third-order valence-electron chi connectivity index (χ3n) is 4.26. The summed E-state index contributed by atoms with van der Waals surface area (Å²) in [6, 6.07) is 6.30. The van der Waals surface area contributed by atoms with Crippen molar-refractivity contribution in [3.8, 4) is 0 Å². The normalized spacial score (nSPS) is 22.1. The van der Waals surface area contributed by atoms with Gasteiger partial charge in [0.1, 0.15) is 0 Å². The lowest BCUT2D eigenvalue weighted by Gasteiger charge is -2.24. The highest BCUT2D eigenvalue weighted by molar-refractivity contribution is 6.33. The van der Waals surface area contributed by atoms with Gasteiger partial charge in [-0.1, -0.05) is 31.0 Å². The van der Waals surface area contributed by atoms with Crippen molar-refractivity contribution in [3.63, 3.8) is 0 Å². The van der Waals surface area contributed by atoms with E-state index in [1.165, 1.54) is 31.4 Å². The van der Waals surface area contributed by atoms with Gasteiger partial charge < -0.3 is 10.6 Å².